The Morgan fingerprint density at radius 2 is 2.07 bits per heavy atom. The predicted octanol–water partition coefficient (Wildman–Crippen LogP) is 3.17. The van der Waals surface area contributed by atoms with E-state index in [1.165, 1.54) is 19.3 Å². The molecule has 30 heavy (non-hydrogen) atoms. The number of amidine groups is 1. The van der Waals surface area contributed by atoms with Gasteiger partial charge in [0.2, 0.25) is 0 Å². The van der Waals surface area contributed by atoms with Crippen molar-refractivity contribution >= 4 is 11.5 Å². The molecule has 1 fully saturated rings. The number of hydrogen-bond acceptors (Lipinski definition) is 6. The van der Waals surface area contributed by atoms with Crippen LogP contribution in [0.1, 0.15) is 40.0 Å². The highest BCUT2D eigenvalue weighted by Gasteiger charge is 2.31. The van der Waals surface area contributed by atoms with Crippen molar-refractivity contribution in [2.24, 2.45) is 10.9 Å². The van der Waals surface area contributed by atoms with Crippen molar-refractivity contribution in [1.82, 2.24) is 21.1 Å². The standard InChI is InChI=1S/C23H34N6O/c1-4-6-17-11-13-24-15-20(17)27-22-16(3)23(29-21(28-22)12-14-25-29)26-18-7-9-19(10-8-18)30-5-2/h7-10,12,17,20,24-26H,4-6,11,13-15H2,1-3H3,(H,27,28)/t17?,20-/m1/s1. The number of rotatable bonds is 7. The van der Waals surface area contributed by atoms with Gasteiger partial charge in [-0.05, 0) is 69.5 Å². The molecule has 1 unspecified atom stereocenters. The topological polar surface area (TPSA) is 73.0 Å². The molecule has 7 nitrogen and oxygen atoms in total. The number of piperidine rings is 1. The lowest BCUT2D eigenvalue weighted by molar-refractivity contribution is 0.304. The smallest absolute Gasteiger partial charge is 0.133 e. The Hall–Kier alpha value is -2.51. The van der Waals surface area contributed by atoms with Crippen molar-refractivity contribution in [1.29, 1.82) is 0 Å². The van der Waals surface area contributed by atoms with Gasteiger partial charge in [-0.2, -0.15) is 0 Å². The van der Waals surface area contributed by atoms with Crippen LogP contribution in [0.5, 0.6) is 5.75 Å². The van der Waals surface area contributed by atoms with Gasteiger partial charge in [-0.15, -0.1) is 0 Å². The van der Waals surface area contributed by atoms with Crippen molar-refractivity contribution in [2.75, 3.05) is 31.6 Å². The number of fused-ring (bicyclic) bond motifs is 1. The number of benzene rings is 1. The van der Waals surface area contributed by atoms with Gasteiger partial charge in [0.15, 0.2) is 0 Å². The van der Waals surface area contributed by atoms with Gasteiger partial charge >= 0.3 is 0 Å². The SMILES string of the molecule is CCCC1CCNC[C@H]1N=C1NC2=CCNN2C(Nc2ccc(OCC)cc2)=C1C. The summed E-state index contributed by atoms with van der Waals surface area (Å²) >= 11 is 0. The molecule has 0 bridgehead atoms. The molecule has 0 aliphatic carbocycles. The third-order valence-corrected chi connectivity index (χ3v) is 5.94. The third kappa shape index (κ3) is 4.47. The summed E-state index contributed by atoms with van der Waals surface area (Å²) < 4.78 is 5.57. The molecule has 0 saturated carbocycles. The fourth-order valence-corrected chi connectivity index (χ4v) is 4.35. The highest BCUT2D eigenvalue weighted by Crippen LogP contribution is 2.27. The molecule has 1 saturated heterocycles. The second kappa shape index (κ2) is 9.53. The number of nitrogens with zero attached hydrogens (tertiary/aromatic N) is 2. The summed E-state index contributed by atoms with van der Waals surface area (Å²) in [5.74, 6) is 4.53. The number of aliphatic imine (C=N–C) groups is 1. The number of hydrazine groups is 1. The summed E-state index contributed by atoms with van der Waals surface area (Å²) in [6, 6.07) is 8.39. The van der Waals surface area contributed by atoms with Crippen molar-refractivity contribution in [3.05, 3.63) is 47.6 Å². The highest BCUT2D eigenvalue weighted by atomic mass is 16.5. The molecule has 1 aromatic rings. The Morgan fingerprint density at radius 1 is 1.23 bits per heavy atom. The van der Waals surface area contributed by atoms with Crippen LogP contribution in [-0.2, 0) is 0 Å². The lowest BCUT2D eigenvalue weighted by Gasteiger charge is -2.35. The first-order chi connectivity index (χ1) is 14.7. The molecule has 3 heterocycles. The first kappa shape index (κ1) is 20.8. The number of ether oxygens (including phenoxy) is 1. The average Bonchev–Trinajstić information content (AvgIpc) is 3.22. The summed E-state index contributed by atoms with van der Waals surface area (Å²) in [7, 11) is 0. The van der Waals surface area contributed by atoms with E-state index < -0.39 is 0 Å². The zero-order valence-electron chi connectivity index (χ0n) is 18.3. The van der Waals surface area contributed by atoms with E-state index in [1.54, 1.807) is 0 Å². The van der Waals surface area contributed by atoms with Gasteiger partial charge < -0.3 is 20.7 Å². The van der Waals surface area contributed by atoms with E-state index in [4.69, 9.17) is 9.73 Å². The Morgan fingerprint density at radius 3 is 2.83 bits per heavy atom. The molecule has 162 valence electrons. The van der Waals surface area contributed by atoms with Crippen LogP contribution in [0, 0.1) is 5.92 Å². The summed E-state index contributed by atoms with van der Waals surface area (Å²) in [4.78, 5) is 5.20. The number of anilines is 1. The van der Waals surface area contributed by atoms with E-state index in [2.05, 4.69) is 46.3 Å². The molecule has 3 aliphatic rings. The van der Waals surface area contributed by atoms with Crippen LogP contribution in [0.4, 0.5) is 5.69 Å². The summed E-state index contributed by atoms with van der Waals surface area (Å²) in [6.07, 6.45) is 5.80. The van der Waals surface area contributed by atoms with Crippen molar-refractivity contribution in [3.63, 3.8) is 0 Å². The van der Waals surface area contributed by atoms with Crippen molar-refractivity contribution in [2.45, 2.75) is 46.1 Å². The Bertz CT molecular complexity index is 827. The Labute approximate surface area is 179 Å². The monoisotopic (exact) mass is 410 g/mol. The molecule has 3 aliphatic heterocycles. The first-order valence-corrected chi connectivity index (χ1v) is 11.2. The second-order valence-corrected chi connectivity index (χ2v) is 8.05. The largest absolute Gasteiger partial charge is 0.494 e. The number of hydrogen-bond donors (Lipinski definition) is 4. The third-order valence-electron chi connectivity index (χ3n) is 5.94. The summed E-state index contributed by atoms with van der Waals surface area (Å²) in [5.41, 5.74) is 5.54. The molecule has 0 radical (unpaired) electrons. The van der Waals surface area contributed by atoms with Crippen LogP contribution in [0.2, 0.25) is 0 Å². The van der Waals surface area contributed by atoms with Crippen LogP contribution < -0.4 is 26.1 Å². The molecular formula is C23H34N6O. The Kier molecular flexibility index (Phi) is 6.59. The minimum atomic E-state index is 0.310. The molecule has 0 spiro atoms. The Balaban J connectivity index is 1.61. The van der Waals surface area contributed by atoms with E-state index in [0.717, 1.165) is 54.1 Å². The summed E-state index contributed by atoms with van der Waals surface area (Å²) in [5, 5.41) is 12.7. The molecule has 4 rings (SSSR count). The average molecular weight is 411 g/mol. The van der Waals surface area contributed by atoms with Crippen LogP contribution >= 0.6 is 0 Å². The van der Waals surface area contributed by atoms with Crippen molar-refractivity contribution < 1.29 is 4.74 Å². The van der Waals surface area contributed by atoms with Gasteiger partial charge in [-0.1, -0.05) is 13.3 Å². The fraction of sp³-hybridized carbons (Fsp3) is 0.522. The lowest BCUT2D eigenvalue weighted by atomic mass is 9.89. The highest BCUT2D eigenvalue weighted by molar-refractivity contribution is 6.01. The zero-order chi connectivity index (χ0) is 20.9. The minimum Gasteiger partial charge on any atom is -0.494 e. The van der Waals surface area contributed by atoms with E-state index in [0.29, 0.717) is 18.6 Å². The summed E-state index contributed by atoms with van der Waals surface area (Å²) in [6.45, 7) is 9.90. The zero-order valence-corrected chi connectivity index (χ0v) is 18.3. The molecule has 0 aromatic heterocycles. The van der Waals surface area contributed by atoms with Crippen LogP contribution in [0.25, 0.3) is 0 Å². The van der Waals surface area contributed by atoms with Gasteiger partial charge in [0, 0.05) is 24.4 Å². The van der Waals surface area contributed by atoms with Gasteiger partial charge in [-0.25, -0.2) is 10.4 Å². The van der Waals surface area contributed by atoms with E-state index in [-0.39, 0.29) is 0 Å². The first-order valence-electron chi connectivity index (χ1n) is 11.2. The molecule has 0 amide bonds. The maximum atomic E-state index is 5.57. The van der Waals surface area contributed by atoms with Crippen molar-refractivity contribution in [3.8, 4) is 5.75 Å². The van der Waals surface area contributed by atoms with Crippen LogP contribution in [0.15, 0.2) is 52.5 Å². The maximum Gasteiger partial charge on any atom is 0.133 e. The quantitative estimate of drug-likeness (QED) is 0.553. The van der Waals surface area contributed by atoms with Gasteiger partial charge in [0.1, 0.15) is 23.2 Å². The van der Waals surface area contributed by atoms with E-state index >= 15 is 0 Å². The number of nitrogens with one attached hydrogen (secondary N) is 4. The van der Waals surface area contributed by atoms with E-state index in [1.807, 2.05) is 31.2 Å². The predicted molar refractivity (Wildman–Crippen MR) is 122 cm³/mol. The van der Waals surface area contributed by atoms with Crippen LogP contribution in [0.3, 0.4) is 0 Å². The molecule has 4 N–H and O–H groups in total. The minimum absolute atomic E-state index is 0.310. The molecule has 7 heteroatoms. The van der Waals surface area contributed by atoms with Crippen LogP contribution in [-0.4, -0.2) is 43.1 Å². The van der Waals surface area contributed by atoms with Gasteiger partial charge in [0.05, 0.1) is 12.6 Å². The van der Waals surface area contributed by atoms with Gasteiger partial charge in [-0.3, -0.25) is 4.99 Å². The normalized spacial score (nSPS) is 25.1. The molecule has 1 aromatic carbocycles. The molecule has 2 atom stereocenters. The van der Waals surface area contributed by atoms with E-state index in [9.17, 15) is 0 Å². The lowest BCUT2D eigenvalue weighted by Crippen LogP contribution is -2.48. The van der Waals surface area contributed by atoms with Gasteiger partial charge in [0.25, 0.3) is 0 Å². The molecular weight excluding hydrogens is 376 g/mol. The second-order valence-electron chi connectivity index (χ2n) is 8.05. The maximum absolute atomic E-state index is 5.57. The fourth-order valence-electron chi connectivity index (χ4n) is 4.35.